The number of thiophene rings is 1. The molecule has 0 fully saturated rings. The maximum Gasteiger partial charge on any atom is 0.258 e. The number of nitrogen functional groups attached to an aromatic ring is 1. The molecule has 1 aromatic carbocycles. The Bertz CT molecular complexity index is 666. The lowest BCUT2D eigenvalue weighted by Gasteiger charge is -2.10. The van der Waals surface area contributed by atoms with Crippen LogP contribution < -0.4 is 11.1 Å². The van der Waals surface area contributed by atoms with E-state index in [9.17, 15) is 4.79 Å². The number of aryl methyl sites for hydroxylation is 1. The molecule has 0 spiro atoms. The highest BCUT2D eigenvalue weighted by Crippen LogP contribution is 2.37. The van der Waals surface area contributed by atoms with Crippen molar-refractivity contribution < 1.29 is 4.79 Å². The molecule has 0 bridgehead atoms. The van der Waals surface area contributed by atoms with Crippen LogP contribution in [0.1, 0.15) is 39.2 Å². The summed E-state index contributed by atoms with van der Waals surface area (Å²) in [5.41, 5.74) is 9.58. The average Bonchev–Trinajstić information content (AvgIpc) is 2.76. The van der Waals surface area contributed by atoms with E-state index < -0.39 is 0 Å². The second kappa shape index (κ2) is 6.50. The van der Waals surface area contributed by atoms with Gasteiger partial charge in [-0.05, 0) is 55.9 Å². The van der Waals surface area contributed by atoms with Crippen LogP contribution in [0, 0.1) is 6.92 Å². The first-order chi connectivity index (χ1) is 9.66. The van der Waals surface area contributed by atoms with Gasteiger partial charge in [0.05, 0.1) is 10.6 Å². The minimum atomic E-state index is -0.121. The number of carbonyl (C=O) groups excluding carboxylic acids is 1. The number of amides is 1. The molecule has 1 aromatic heterocycles. The Hall–Kier alpha value is -1.52. The van der Waals surface area contributed by atoms with Crippen LogP contribution in [0.3, 0.4) is 0 Å². The van der Waals surface area contributed by atoms with Gasteiger partial charge in [-0.15, -0.1) is 23.7 Å². The van der Waals surface area contributed by atoms with E-state index in [0.717, 1.165) is 17.8 Å². The van der Waals surface area contributed by atoms with E-state index >= 15 is 0 Å². The molecule has 21 heavy (non-hydrogen) atoms. The van der Waals surface area contributed by atoms with Crippen molar-refractivity contribution >= 4 is 40.3 Å². The summed E-state index contributed by atoms with van der Waals surface area (Å²) in [6, 6.07) is 7.17. The number of anilines is 2. The molecule has 0 saturated carbocycles. The summed E-state index contributed by atoms with van der Waals surface area (Å²) in [6.07, 6.45) is 4.79. The zero-order valence-electron chi connectivity index (χ0n) is 11.9. The monoisotopic (exact) mass is 322 g/mol. The molecular formula is C16H19ClN2OS. The molecule has 3 nitrogen and oxygen atoms in total. The second-order valence-electron chi connectivity index (χ2n) is 5.21. The number of hydrogen-bond donors (Lipinski definition) is 2. The second-order valence-corrected chi connectivity index (χ2v) is 6.31. The van der Waals surface area contributed by atoms with Gasteiger partial charge in [0.25, 0.3) is 5.91 Å². The van der Waals surface area contributed by atoms with Crippen LogP contribution in [0.15, 0.2) is 24.3 Å². The summed E-state index contributed by atoms with van der Waals surface area (Å²) in [4.78, 5) is 13.8. The number of benzene rings is 1. The number of nitrogens with two attached hydrogens (primary N) is 1. The molecule has 0 saturated heterocycles. The van der Waals surface area contributed by atoms with E-state index in [4.69, 9.17) is 5.73 Å². The van der Waals surface area contributed by atoms with Gasteiger partial charge in [0.1, 0.15) is 0 Å². The Balaban J connectivity index is 0.00000161. The number of carbonyl (C=O) groups is 1. The Morgan fingerprint density at radius 1 is 1.24 bits per heavy atom. The zero-order chi connectivity index (χ0) is 14.1. The van der Waals surface area contributed by atoms with Crippen molar-refractivity contribution in [1.29, 1.82) is 0 Å². The molecule has 0 atom stereocenters. The van der Waals surface area contributed by atoms with Gasteiger partial charge < -0.3 is 11.1 Å². The quantitative estimate of drug-likeness (QED) is 0.814. The van der Waals surface area contributed by atoms with Gasteiger partial charge in [0, 0.05) is 10.6 Å². The molecule has 3 rings (SSSR count). The number of halogens is 1. The van der Waals surface area contributed by atoms with Gasteiger partial charge in [0.2, 0.25) is 0 Å². The summed E-state index contributed by atoms with van der Waals surface area (Å²) >= 11 is 1.72. The van der Waals surface area contributed by atoms with Gasteiger partial charge in [-0.2, -0.15) is 0 Å². The molecule has 1 heterocycles. The Kier molecular flexibility index (Phi) is 4.91. The van der Waals surface area contributed by atoms with Gasteiger partial charge in [-0.3, -0.25) is 4.79 Å². The first-order valence-electron chi connectivity index (χ1n) is 6.94. The summed E-state index contributed by atoms with van der Waals surface area (Å²) < 4.78 is 0. The fourth-order valence-corrected chi connectivity index (χ4v) is 4.01. The van der Waals surface area contributed by atoms with E-state index in [0.29, 0.717) is 11.3 Å². The third kappa shape index (κ3) is 3.06. The SMILES string of the molecule is Cc1c(NC(=O)c2ccccc2N)sc2c1CCCC2.Cl. The van der Waals surface area contributed by atoms with Crippen LogP contribution >= 0.6 is 23.7 Å². The van der Waals surface area contributed by atoms with Crippen molar-refractivity contribution in [1.82, 2.24) is 0 Å². The van der Waals surface area contributed by atoms with Crippen LogP contribution in [-0.4, -0.2) is 5.91 Å². The largest absolute Gasteiger partial charge is 0.398 e. The molecule has 1 aliphatic carbocycles. The summed E-state index contributed by atoms with van der Waals surface area (Å²) in [5, 5.41) is 4.00. The van der Waals surface area contributed by atoms with Crippen molar-refractivity contribution in [2.75, 3.05) is 11.1 Å². The molecule has 3 N–H and O–H groups in total. The first-order valence-corrected chi connectivity index (χ1v) is 7.75. The topological polar surface area (TPSA) is 55.1 Å². The maximum absolute atomic E-state index is 12.3. The van der Waals surface area contributed by atoms with Gasteiger partial charge in [0.15, 0.2) is 0 Å². The Morgan fingerprint density at radius 2 is 1.95 bits per heavy atom. The van der Waals surface area contributed by atoms with E-state index in [-0.39, 0.29) is 18.3 Å². The first kappa shape index (κ1) is 15.9. The van der Waals surface area contributed by atoms with Crippen molar-refractivity contribution in [3.05, 3.63) is 45.8 Å². The van der Waals surface area contributed by atoms with E-state index in [1.807, 2.05) is 12.1 Å². The minimum absolute atomic E-state index is 0. The molecule has 112 valence electrons. The Morgan fingerprint density at radius 3 is 2.67 bits per heavy atom. The van der Waals surface area contributed by atoms with Crippen LogP contribution in [0.25, 0.3) is 0 Å². The van der Waals surface area contributed by atoms with E-state index in [1.54, 1.807) is 23.5 Å². The summed E-state index contributed by atoms with van der Waals surface area (Å²) in [6.45, 7) is 2.10. The van der Waals surface area contributed by atoms with Crippen molar-refractivity contribution in [3.8, 4) is 0 Å². The number of para-hydroxylation sites is 1. The lowest BCUT2D eigenvalue weighted by atomic mass is 9.96. The Labute approximate surface area is 135 Å². The van der Waals surface area contributed by atoms with Crippen molar-refractivity contribution in [3.63, 3.8) is 0 Å². The van der Waals surface area contributed by atoms with Gasteiger partial charge >= 0.3 is 0 Å². The highest BCUT2D eigenvalue weighted by molar-refractivity contribution is 7.16. The van der Waals surface area contributed by atoms with Crippen LogP contribution in [0.5, 0.6) is 0 Å². The van der Waals surface area contributed by atoms with Crippen LogP contribution in [-0.2, 0) is 12.8 Å². The third-order valence-electron chi connectivity index (χ3n) is 3.87. The number of rotatable bonds is 2. The molecule has 1 amide bonds. The maximum atomic E-state index is 12.3. The van der Waals surface area contributed by atoms with Crippen LogP contribution in [0.4, 0.5) is 10.7 Å². The van der Waals surface area contributed by atoms with Crippen LogP contribution in [0.2, 0.25) is 0 Å². The lowest BCUT2D eigenvalue weighted by Crippen LogP contribution is -2.13. The van der Waals surface area contributed by atoms with E-state index in [1.165, 1.54) is 28.8 Å². The summed E-state index contributed by atoms with van der Waals surface area (Å²) in [7, 11) is 0. The lowest BCUT2D eigenvalue weighted by molar-refractivity contribution is 0.102. The summed E-state index contributed by atoms with van der Waals surface area (Å²) in [5.74, 6) is -0.121. The molecule has 1 aliphatic rings. The number of nitrogens with one attached hydrogen (secondary N) is 1. The molecular weight excluding hydrogens is 304 g/mol. The molecule has 5 heteroatoms. The van der Waals surface area contributed by atoms with E-state index in [2.05, 4.69) is 12.2 Å². The minimum Gasteiger partial charge on any atom is -0.398 e. The predicted molar refractivity (Wildman–Crippen MR) is 91.8 cm³/mol. The smallest absolute Gasteiger partial charge is 0.258 e. The van der Waals surface area contributed by atoms with Gasteiger partial charge in [-0.1, -0.05) is 12.1 Å². The standard InChI is InChI=1S/C16H18N2OS.ClH/c1-10-11-6-3-5-9-14(11)20-16(10)18-15(19)12-7-2-4-8-13(12)17;/h2,4,7-8H,3,5-6,9,17H2,1H3,(H,18,19);1H. The zero-order valence-corrected chi connectivity index (χ0v) is 13.6. The molecule has 2 aromatic rings. The molecule has 0 aliphatic heterocycles. The fraction of sp³-hybridized carbons (Fsp3) is 0.312. The van der Waals surface area contributed by atoms with Crippen molar-refractivity contribution in [2.45, 2.75) is 32.6 Å². The normalized spacial score (nSPS) is 13.2. The fourth-order valence-electron chi connectivity index (χ4n) is 2.72. The third-order valence-corrected chi connectivity index (χ3v) is 5.18. The molecule has 0 radical (unpaired) electrons. The van der Waals surface area contributed by atoms with Gasteiger partial charge in [-0.25, -0.2) is 0 Å². The number of fused-ring (bicyclic) bond motifs is 1. The molecule has 0 unspecified atom stereocenters. The highest BCUT2D eigenvalue weighted by Gasteiger charge is 2.19. The predicted octanol–water partition coefficient (Wildman–Crippen LogP) is 4.19. The van der Waals surface area contributed by atoms with Crippen molar-refractivity contribution in [2.24, 2.45) is 0 Å². The highest BCUT2D eigenvalue weighted by atomic mass is 35.5. The average molecular weight is 323 g/mol. The number of hydrogen-bond acceptors (Lipinski definition) is 3.